The fourth-order valence-corrected chi connectivity index (χ4v) is 3.12. The van der Waals surface area contributed by atoms with E-state index in [1.807, 2.05) is 0 Å². The van der Waals surface area contributed by atoms with Crippen molar-refractivity contribution in [3.63, 3.8) is 0 Å². The van der Waals surface area contributed by atoms with Gasteiger partial charge in [0.2, 0.25) is 10.0 Å². The van der Waals surface area contributed by atoms with Gasteiger partial charge in [-0.25, -0.2) is 18.1 Å². The van der Waals surface area contributed by atoms with Crippen LogP contribution in [0.2, 0.25) is 0 Å². The van der Waals surface area contributed by atoms with Crippen molar-refractivity contribution in [2.24, 2.45) is 4.99 Å². The first-order chi connectivity index (χ1) is 13.7. The average Bonchev–Trinajstić information content (AvgIpc) is 2.66. The van der Waals surface area contributed by atoms with Crippen molar-refractivity contribution in [2.45, 2.75) is 58.5 Å². The predicted octanol–water partition coefficient (Wildman–Crippen LogP) is 2.54. The van der Waals surface area contributed by atoms with E-state index in [1.54, 1.807) is 12.1 Å². The van der Waals surface area contributed by atoms with Crippen LogP contribution in [0.5, 0.6) is 0 Å². The van der Waals surface area contributed by atoms with Crippen molar-refractivity contribution < 1.29 is 13.3 Å². The molecule has 0 fully saturated rings. The Morgan fingerprint density at radius 1 is 1.17 bits per heavy atom. The highest BCUT2D eigenvalue weighted by Gasteiger charge is 2.07. The van der Waals surface area contributed by atoms with Crippen molar-refractivity contribution in [2.75, 3.05) is 19.3 Å². The lowest BCUT2D eigenvalue weighted by Crippen LogP contribution is -2.44. The van der Waals surface area contributed by atoms with E-state index in [0.29, 0.717) is 19.0 Å². The number of rotatable bonds is 13. The Morgan fingerprint density at radius 2 is 1.86 bits per heavy atom. The number of sulfonamides is 1. The lowest BCUT2D eigenvalue weighted by Gasteiger charge is -2.18. The molecule has 0 amide bonds. The van der Waals surface area contributed by atoms with Crippen LogP contribution >= 0.6 is 0 Å². The topological polar surface area (TPSA) is 126 Å². The molecule has 10 heteroatoms. The first-order valence-corrected chi connectivity index (χ1v) is 11.8. The monoisotopic (exact) mass is 427 g/mol. The number of non-ortho nitro benzene ring substituents is 1. The van der Waals surface area contributed by atoms with Gasteiger partial charge in [0, 0.05) is 31.3 Å². The Balaban J connectivity index is 2.66. The van der Waals surface area contributed by atoms with Crippen LogP contribution in [0.4, 0.5) is 5.69 Å². The average molecular weight is 428 g/mol. The Bertz CT molecular complexity index is 750. The minimum atomic E-state index is -3.23. The molecule has 0 heterocycles. The standard InChI is InChI=1S/C19H33N5O4S/c1-4-5-6-7-8-16(2)23-19(20-13-14-22-29(3,27)28)21-15-17-9-11-18(12-10-17)24(25)26/h9-12,16,22H,4-8,13-15H2,1-3H3,(H2,20,21,23). The number of nitro groups is 1. The second-order valence-electron chi connectivity index (χ2n) is 7.08. The summed E-state index contributed by atoms with van der Waals surface area (Å²) in [6.07, 6.45) is 6.88. The molecule has 0 radical (unpaired) electrons. The summed E-state index contributed by atoms with van der Waals surface area (Å²) >= 11 is 0. The van der Waals surface area contributed by atoms with Crippen molar-refractivity contribution in [3.8, 4) is 0 Å². The van der Waals surface area contributed by atoms with Crippen LogP contribution in [0, 0.1) is 10.1 Å². The highest BCUT2D eigenvalue weighted by atomic mass is 32.2. The molecule has 0 saturated heterocycles. The van der Waals surface area contributed by atoms with E-state index in [-0.39, 0.29) is 18.3 Å². The van der Waals surface area contributed by atoms with Crippen molar-refractivity contribution in [3.05, 3.63) is 39.9 Å². The SMILES string of the molecule is CCCCCCC(C)NC(=NCc1ccc([N+](=O)[O-])cc1)NCCNS(C)(=O)=O. The number of hydrogen-bond donors (Lipinski definition) is 3. The van der Waals surface area contributed by atoms with Crippen LogP contribution in [-0.4, -0.2) is 44.7 Å². The molecule has 0 aliphatic heterocycles. The highest BCUT2D eigenvalue weighted by molar-refractivity contribution is 7.88. The summed E-state index contributed by atoms with van der Waals surface area (Å²) in [5, 5.41) is 17.2. The number of aliphatic imine (C=N–C) groups is 1. The molecule has 9 nitrogen and oxygen atoms in total. The molecule has 0 bridgehead atoms. The lowest BCUT2D eigenvalue weighted by atomic mass is 10.1. The zero-order valence-corrected chi connectivity index (χ0v) is 18.3. The van der Waals surface area contributed by atoms with Gasteiger partial charge in [0.05, 0.1) is 17.7 Å². The van der Waals surface area contributed by atoms with Crippen molar-refractivity contribution in [1.29, 1.82) is 0 Å². The number of hydrogen-bond acceptors (Lipinski definition) is 5. The van der Waals surface area contributed by atoms with E-state index in [2.05, 4.69) is 34.2 Å². The summed E-state index contributed by atoms with van der Waals surface area (Å²) in [7, 11) is -3.23. The van der Waals surface area contributed by atoms with Crippen LogP contribution in [0.15, 0.2) is 29.3 Å². The maximum atomic E-state index is 11.2. The summed E-state index contributed by atoms with van der Waals surface area (Å²) in [4.78, 5) is 14.9. The zero-order chi connectivity index (χ0) is 21.7. The Kier molecular flexibility index (Phi) is 11.2. The molecule has 1 atom stereocenters. The fourth-order valence-electron chi connectivity index (χ4n) is 2.65. The third-order valence-electron chi connectivity index (χ3n) is 4.22. The molecule has 0 aliphatic carbocycles. The van der Waals surface area contributed by atoms with Gasteiger partial charge in [0.15, 0.2) is 5.96 Å². The predicted molar refractivity (Wildman–Crippen MR) is 116 cm³/mol. The molecule has 0 aliphatic rings. The minimum Gasteiger partial charge on any atom is -0.355 e. The molecule has 0 saturated carbocycles. The summed E-state index contributed by atoms with van der Waals surface area (Å²) in [5.41, 5.74) is 0.892. The largest absolute Gasteiger partial charge is 0.355 e. The van der Waals surface area contributed by atoms with Crippen LogP contribution in [0.3, 0.4) is 0 Å². The van der Waals surface area contributed by atoms with Crippen LogP contribution in [-0.2, 0) is 16.6 Å². The first-order valence-electron chi connectivity index (χ1n) is 9.94. The van der Waals surface area contributed by atoms with E-state index >= 15 is 0 Å². The van der Waals surface area contributed by atoms with Gasteiger partial charge in [0.25, 0.3) is 5.69 Å². The molecule has 0 spiro atoms. The number of nitrogens with zero attached hydrogens (tertiary/aromatic N) is 2. The normalized spacial score (nSPS) is 13.1. The van der Waals surface area contributed by atoms with Crippen molar-refractivity contribution in [1.82, 2.24) is 15.4 Å². The summed E-state index contributed by atoms with van der Waals surface area (Å²) in [5.74, 6) is 0.585. The first kappa shape index (κ1) is 24.8. The van der Waals surface area contributed by atoms with Gasteiger partial charge in [0.1, 0.15) is 0 Å². The molecule has 1 aromatic rings. The second kappa shape index (κ2) is 13.1. The Hall–Kier alpha value is -2.20. The molecule has 0 aromatic heterocycles. The van der Waals surface area contributed by atoms with E-state index in [1.165, 1.54) is 31.4 Å². The van der Waals surface area contributed by atoms with Crippen molar-refractivity contribution >= 4 is 21.7 Å². The highest BCUT2D eigenvalue weighted by Crippen LogP contribution is 2.12. The minimum absolute atomic E-state index is 0.0433. The van der Waals surface area contributed by atoms with Gasteiger partial charge in [-0.1, -0.05) is 44.7 Å². The third kappa shape index (κ3) is 12.1. The summed E-state index contributed by atoms with van der Waals surface area (Å²) in [6, 6.07) is 6.49. The maximum absolute atomic E-state index is 11.2. The number of unbranched alkanes of at least 4 members (excludes halogenated alkanes) is 3. The molecule has 164 valence electrons. The molecular formula is C19H33N5O4S. The third-order valence-corrected chi connectivity index (χ3v) is 4.95. The fraction of sp³-hybridized carbons (Fsp3) is 0.632. The van der Waals surface area contributed by atoms with E-state index in [0.717, 1.165) is 24.7 Å². The quantitative estimate of drug-likeness (QED) is 0.146. The van der Waals surface area contributed by atoms with Crippen LogP contribution in [0.1, 0.15) is 51.5 Å². The summed E-state index contributed by atoms with van der Waals surface area (Å²) in [6.45, 7) is 5.27. The molecule has 1 rings (SSSR count). The molecule has 29 heavy (non-hydrogen) atoms. The van der Waals surface area contributed by atoms with Gasteiger partial charge in [-0.2, -0.15) is 0 Å². The Labute approximate surface area is 173 Å². The number of nitro benzene ring substituents is 1. The number of nitrogens with one attached hydrogen (secondary N) is 3. The van der Waals surface area contributed by atoms with Crippen LogP contribution < -0.4 is 15.4 Å². The smallest absolute Gasteiger partial charge is 0.269 e. The molecule has 3 N–H and O–H groups in total. The molecule has 1 unspecified atom stereocenters. The second-order valence-corrected chi connectivity index (χ2v) is 8.91. The molecule has 1 aromatic carbocycles. The Morgan fingerprint density at radius 3 is 2.45 bits per heavy atom. The van der Waals surface area contributed by atoms with Gasteiger partial charge in [-0.05, 0) is 18.9 Å². The maximum Gasteiger partial charge on any atom is 0.269 e. The van der Waals surface area contributed by atoms with E-state index in [9.17, 15) is 18.5 Å². The zero-order valence-electron chi connectivity index (χ0n) is 17.5. The lowest BCUT2D eigenvalue weighted by molar-refractivity contribution is -0.384. The number of benzene rings is 1. The number of guanidine groups is 1. The van der Waals surface area contributed by atoms with Crippen LogP contribution in [0.25, 0.3) is 0 Å². The summed E-state index contributed by atoms with van der Waals surface area (Å²) < 4.78 is 24.8. The van der Waals surface area contributed by atoms with Gasteiger partial charge in [-0.15, -0.1) is 0 Å². The van der Waals surface area contributed by atoms with Gasteiger partial charge < -0.3 is 10.6 Å². The van der Waals surface area contributed by atoms with Gasteiger partial charge >= 0.3 is 0 Å². The molecular weight excluding hydrogens is 394 g/mol. The van der Waals surface area contributed by atoms with E-state index in [4.69, 9.17) is 0 Å². The van der Waals surface area contributed by atoms with E-state index < -0.39 is 14.9 Å². The van der Waals surface area contributed by atoms with Gasteiger partial charge in [-0.3, -0.25) is 10.1 Å².